The fourth-order valence-electron chi connectivity index (χ4n) is 13.8. The molecule has 0 amide bonds. The molecular weight excluding hydrogens is 2550 g/mol. The molecule has 0 aromatic carbocycles. The Bertz CT molecular complexity index is 5850. The number of hydrogen-bond donors (Lipinski definition) is 0. The molecule has 0 aliphatic heterocycles. The predicted octanol–water partition coefficient (Wildman–Crippen LogP) is 18.9. The van der Waals surface area contributed by atoms with Gasteiger partial charge in [-0.1, -0.05) is 212 Å². The van der Waals surface area contributed by atoms with Crippen molar-refractivity contribution >= 4 is 0 Å². The summed E-state index contributed by atoms with van der Waals surface area (Å²) in [6.45, 7) is 60.3. The summed E-state index contributed by atoms with van der Waals surface area (Å²) >= 11 is 0. The molecule has 0 aliphatic rings. The first-order chi connectivity index (χ1) is 63.6. The Labute approximate surface area is 871 Å². The largest absolute Gasteiger partial charge is 2.00 e. The Morgan fingerprint density at radius 1 is 0.184 bits per heavy atom. The van der Waals surface area contributed by atoms with E-state index in [0.29, 0.717) is 0 Å². The maximum Gasteiger partial charge on any atom is 2.00 e. The van der Waals surface area contributed by atoms with Gasteiger partial charge in [-0.15, -0.1) is 0 Å². The van der Waals surface area contributed by atoms with E-state index in [1.165, 1.54) is 55.0 Å². The minimum absolute atomic E-state index is 0. The van der Waals surface area contributed by atoms with Crippen LogP contribution in [0, 0.1) is 34.6 Å². The number of halogens is 9. The fraction of sp³-hybridized carbons (Fsp3) is 0.417. The van der Waals surface area contributed by atoms with Crippen molar-refractivity contribution in [1.82, 2.24) is 161 Å². The van der Waals surface area contributed by atoms with Gasteiger partial charge in [-0.2, -0.15) is 39.5 Å². The standard InChI is InChI=1S/2C15H21N4.C12H12F3N4.3C12H15N4.C9H3F6N4.C9H9N4.4Pt/c2*1-14(2,3)11-12(10-7-8-16-9-17-10)18-19-13(11)15(4,5)6;1-11(2,3)10-8(12(13,14)15)9(18-19-10)7-4-5-16-6-17-7;3*1-8-10(9-5-6-13-7-14-9)15-16-11(8)12(2,3)4;10-8(11,12)5-6(4-1-2-16-3-17-4)18-19-7(5)9(13,14)15;1-6-7(2)12-13-9(6)8-3-4-10-5-11-8;;;;/h2*7-9H,1-6H3;4-6H,1-3H3;3*5-7H,1-4H3;1-3H;3-5H,1-2H3;;;;/q8*-1;4*+2. The van der Waals surface area contributed by atoms with Crippen molar-refractivity contribution in [3.05, 3.63) is 239 Å². The Hall–Kier alpha value is -11.6. The number of nitrogens with zero attached hydrogens (tertiary/aromatic N) is 32. The van der Waals surface area contributed by atoms with Crippen LogP contribution in [0.2, 0.25) is 0 Å². The van der Waals surface area contributed by atoms with Gasteiger partial charge >= 0.3 is 103 Å². The summed E-state index contributed by atoms with van der Waals surface area (Å²) < 4.78 is 115. The quantitative estimate of drug-likeness (QED) is 0.127. The Kier molecular flexibility index (Phi) is 41.6. The summed E-state index contributed by atoms with van der Waals surface area (Å²) in [7, 11) is 0. The fourth-order valence-corrected chi connectivity index (χ4v) is 13.8. The summed E-state index contributed by atoms with van der Waals surface area (Å²) in [5.74, 6) is 0. The molecule has 0 aliphatic carbocycles. The van der Waals surface area contributed by atoms with Gasteiger partial charge in [-0.25, -0.2) is 79.7 Å². The molecule has 0 unspecified atom stereocenters. The molecule has 16 heterocycles. The molecule has 0 atom stereocenters. The van der Waals surface area contributed by atoms with Gasteiger partial charge in [0.15, 0.2) is 0 Å². The number of rotatable bonds is 8. The first kappa shape index (κ1) is 120. The van der Waals surface area contributed by atoms with Gasteiger partial charge in [-0.05, 0) is 127 Å². The monoisotopic (exact) mass is 2660 g/mol. The Morgan fingerprint density at radius 2 is 0.348 bits per heavy atom. The van der Waals surface area contributed by atoms with Crippen molar-refractivity contribution in [1.29, 1.82) is 0 Å². The van der Waals surface area contributed by atoms with Gasteiger partial charge < -0.3 is 81.6 Å². The van der Waals surface area contributed by atoms with Crippen LogP contribution in [0.3, 0.4) is 0 Å². The Morgan fingerprint density at radius 3 is 0.511 bits per heavy atom. The van der Waals surface area contributed by atoms with Gasteiger partial charge in [0.2, 0.25) is 0 Å². The van der Waals surface area contributed by atoms with Crippen molar-refractivity contribution < 1.29 is 124 Å². The van der Waals surface area contributed by atoms with Crippen LogP contribution in [0.5, 0.6) is 0 Å². The third-order valence-corrected chi connectivity index (χ3v) is 20.2. The molecule has 0 saturated heterocycles. The van der Waals surface area contributed by atoms with E-state index in [0.717, 1.165) is 143 Å². The second-order valence-electron chi connectivity index (χ2n) is 39.7. The van der Waals surface area contributed by atoms with E-state index in [-0.39, 0.29) is 145 Å². The van der Waals surface area contributed by atoms with E-state index in [2.05, 4.69) is 307 Å². The summed E-state index contributed by atoms with van der Waals surface area (Å²) in [4.78, 5) is 63.1. The predicted molar refractivity (Wildman–Crippen MR) is 497 cm³/mol. The van der Waals surface area contributed by atoms with Crippen molar-refractivity contribution in [3.8, 4) is 91.1 Å². The number of aromatic nitrogens is 32. The van der Waals surface area contributed by atoms with Crippen LogP contribution in [0.1, 0.15) is 256 Å². The van der Waals surface area contributed by atoms with Crippen LogP contribution in [-0.4, -0.2) is 121 Å². The Balaban J connectivity index is 0.000000284. The molecule has 16 aromatic rings. The van der Waals surface area contributed by atoms with Crippen LogP contribution >= 0.6 is 0 Å². The molecule has 0 saturated carbocycles. The molecule has 758 valence electrons. The third kappa shape index (κ3) is 31.7. The number of aryl methyl sites for hydroxylation is 1. The zero-order valence-corrected chi connectivity index (χ0v) is 92.4. The molecule has 16 rings (SSSR count). The summed E-state index contributed by atoms with van der Waals surface area (Å²) in [5, 5.41) is 63.9. The average molecular weight is 2660 g/mol. The van der Waals surface area contributed by atoms with Gasteiger partial charge in [-0.3, -0.25) is 0 Å². The SMILES string of the molecule is CC(C)(C)c1n[n-]c(-c2ccncn2)c1C(C)(C)C.CC(C)(C)c1n[n-]c(-c2ccncn2)c1C(C)(C)C.CC(C)(C)c1n[n-]c(-c2ccncn2)c1C(F)(F)F.Cc1c(C(C)(C)C)n[n-]c1-c1ccncn1.Cc1c(C(C)(C)C)n[n-]c1-c1ccncn1.Cc1c(C(C)(C)C)n[n-]c1-c1ccncn1.Cc1n[n-]c(-c2ccncn2)c1C.FC(F)(F)c1n[n-]c(-c2ccncn2)c1C(F)(F)F.[Pt+2].[Pt+2].[Pt+2].[Pt+2]. The van der Waals surface area contributed by atoms with Crippen LogP contribution in [-0.2, 0) is 146 Å². The van der Waals surface area contributed by atoms with Crippen LogP contribution in [0.15, 0.2) is 149 Å². The minimum atomic E-state index is -5.25. The molecular formula is C96H111F9N32Pt4. The van der Waals surface area contributed by atoms with Crippen LogP contribution in [0.25, 0.3) is 91.1 Å². The second kappa shape index (κ2) is 48.9. The molecule has 45 heteroatoms. The molecule has 0 radical (unpaired) electrons. The first-order valence-electron chi connectivity index (χ1n) is 43.1. The molecule has 0 spiro atoms. The van der Waals surface area contributed by atoms with Crippen molar-refractivity contribution in [2.75, 3.05) is 0 Å². The third-order valence-electron chi connectivity index (χ3n) is 20.2. The van der Waals surface area contributed by atoms with Gasteiger partial charge in [0.05, 0.1) is 56.7 Å². The molecule has 0 bridgehead atoms. The van der Waals surface area contributed by atoms with Gasteiger partial charge in [0.1, 0.15) is 56.3 Å². The number of alkyl halides is 9. The second-order valence-corrected chi connectivity index (χ2v) is 39.7. The summed E-state index contributed by atoms with van der Waals surface area (Å²) in [5.41, 5.74) is 15.8. The van der Waals surface area contributed by atoms with Crippen molar-refractivity contribution in [2.24, 2.45) is 0 Å². The van der Waals surface area contributed by atoms with E-state index in [4.69, 9.17) is 0 Å². The molecule has 0 fully saturated rings. The molecule has 0 N–H and O–H groups in total. The topological polar surface area (TPSA) is 422 Å². The average Bonchev–Trinajstić information content (AvgIpc) is 1.79. The zero-order chi connectivity index (χ0) is 102. The van der Waals surface area contributed by atoms with E-state index in [1.807, 2.05) is 71.0 Å². The van der Waals surface area contributed by atoms with E-state index in [9.17, 15) is 39.5 Å². The zero-order valence-electron chi connectivity index (χ0n) is 83.3. The maximum absolute atomic E-state index is 13.2. The van der Waals surface area contributed by atoms with Crippen LogP contribution < -0.4 is 40.8 Å². The van der Waals surface area contributed by atoms with Crippen molar-refractivity contribution in [3.63, 3.8) is 0 Å². The number of hydrogen-bond acceptors (Lipinski definition) is 24. The summed E-state index contributed by atoms with van der Waals surface area (Å²) in [6, 6.07) is 13.5. The normalized spacial score (nSPS) is 11.8. The van der Waals surface area contributed by atoms with Gasteiger partial charge in [0.25, 0.3) is 0 Å². The van der Waals surface area contributed by atoms with E-state index in [1.54, 1.807) is 70.6 Å². The molecule has 141 heavy (non-hydrogen) atoms. The molecule has 16 aromatic heterocycles. The molecule has 32 nitrogen and oxygen atoms in total. The first-order valence-corrected chi connectivity index (χ1v) is 43.1. The van der Waals surface area contributed by atoms with E-state index < -0.39 is 46.5 Å². The maximum atomic E-state index is 13.2. The van der Waals surface area contributed by atoms with Crippen molar-refractivity contribution in [2.45, 2.75) is 263 Å². The van der Waals surface area contributed by atoms with Crippen LogP contribution in [0.4, 0.5) is 39.5 Å². The summed E-state index contributed by atoms with van der Waals surface area (Å²) in [6.07, 6.45) is 9.04. The van der Waals surface area contributed by atoms with E-state index >= 15 is 0 Å². The van der Waals surface area contributed by atoms with Gasteiger partial charge in [0, 0.05) is 122 Å². The minimum Gasteiger partial charge on any atom is -0.573 e. The smallest absolute Gasteiger partial charge is 0.573 e.